The van der Waals surface area contributed by atoms with Crippen molar-refractivity contribution in [3.8, 4) is 11.5 Å². The van der Waals surface area contributed by atoms with Crippen LogP contribution in [0.15, 0.2) is 28.8 Å². The van der Waals surface area contributed by atoms with Crippen molar-refractivity contribution in [3.05, 3.63) is 41.3 Å². The first-order valence-electron chi connectivity index (χ1n) is 9.87. The Labute approximate surface area is 174 Å². The van der Waals surface area contributed by atoms with Crippen molar-refractivity contribution in [2.75, 3.05) is 27.3 Å². The van der Waals surface area contributed by atoms with Gasteiger partial charge in [0.15, 0.2) is 11.5 Å². The van der Waals surface area contributed by atoms with Gasteiger partial charge in [0.1, 0.15) is 0 Å². The molecule has 0 saturated carbocycles. The summed E-state index contributed by atoms with van der Waals surface area (Å²) >= 11 is 0. The molecule has 30 heavy (non-hydrogen) atoms. The highest BCUT2D eigenvalue weighted by Gasteiger charge is 2.28. The summed E-state index contributed by atoms with van der Waals surface area (Å²) in [6.45, 7) is 2.01. The first-order valence-corrected chi connectivity index (χ1v) is 9.87. The first-order chi connectivity index (χ1) is 14.5. The van der Waals surface area contributed by atoms with Gasteiger partial charge in [0, 0.05) is 19.0 Å². The second-order valence-electron chi connectivity index (χ2n) is 7.37. The van der Waals surface area contributed by atoms with E-state index in [0.717, 1.165) is 25.1 Å². The van der Waals surface area contributed by atoms with Crippen LogP contribution in [0.1, 0.15) is 34.7 Å². The summed E-state index contributed by atoms with van der Waals surface area (Å²) in [4.78, 5) is 23.5. The van der Waals surface area contributed by atoms with Gasteiger partial charge in [-0.05, 0) is 55.5 Å². The Bertz CT molecular complexity index is 881. The molecule has 1 aliphatic rings. The van der Waals surface area contributed by atoms with Crippen molar-refractivity contribution in [1.29, 1.82) is 0 Å². The summed E-state index contributed by atoms with van der Waals surface area (Å²) in [6.07, 6.45) is 1.85. The Kier molecular flexibility index (Phi) is 7.29. The molecule has 3 rings (SSSR count). The number of hydrogen-bond donors (Lipinski definition) is 3. The number of carbonyl (C=O) groups excluding carboxylic acids is 1. The van der Waals surface area contributed by atoms with Crippen molar-refractivity contribution in [2.24, 2.45) is 11.8 Å². The molecule has 2 heterocycles. The number of aromatic nitrogens is 1. The number of nitrogens with zero attached hydrogens (tertiary/aromatic N) is 1. The summed E-state index contributed by atoms with van der Waals surface area (Å²) in [5.41, 5.74) is 1.52. The quantitative estimate of drug-likeness (QED) is 0.565. The second kappa shape index (κ2) is 10.1. The Hall–Kier alpha value is -3.07. The van der Waals surface area contributed by atoms with E-state index < -0.39 is 5.97 Å². The maximum Gasteiger partial charge on any atom is 0.374 e. The van der Waals surface area contributed by atoms with Gasteiger partial charge >= 0.3 is 5.97 Å². The van der Waals surface area contributed by atoms with Gasteiger partial charge in [0.25, 0.3) is 0 Å². The van der Waals surface area contributed by atoms with E-state index in [9.17, 15) is 9.59 Å². The SMILES string of the molecule is COc1ccc(CNC(=O)CC2CCNCC2Cc2cc(C(=O)O)on2)cc1OC. The molecular weight excluding hydrogens is 390 g/mol. The Balaban J connectivity index is 1.55. The lowest BCUT2D eigenvalue weighted by Crippen LogP contribution is -2.40. The van der Waals surface area contributed by atoms with E-state index in [2.05, 4.69) is 15.8 Å². The molecule has 0 aliphatic carbocycles. The predicted octanol–water partition coefficient (Wildman–Crippen LogP) is 1.86. The molecule has 1 fully saturated rings. The molecule has 2 unspecified atom stereocenters. The molecule has 1 aromatic carbocycles. The number of benzene rings is 1. The zero-order valence-electron chi connectivity index (χ0n) is 17.1. The zero-order chi connectivity index (χ0) is 21.5. The lowest BCUT2D eigenvalue weighted by atomic mass is 9.81. The van der Waals surface area contributed by atoms with Crippen LogP contribution in [0.3, 0.4) is 0 Å². The highest BCUT2D eigenvalue weighted by Crippen LogP contribution is 2.28. The van der Waals surface area contributed by atoms with Crippen LogP contribution in [0.2, 0.25) is 0 Å². The van der Waals surface area contributed by atoms with Crippen LogP contribution in [0, 0.1) is 11.8 Å². The number of amides is 1. The van der Waals surface area contributed by atoms with Crippen molar-refractivity contribution in [1.82, 2.24) is 15.8 Å². The van der Waals surface area contributed by atoms with Crippen LogP contribution in [0.4, 0.5) is 0 Å². The number of nitrogens with one attached hydrogen (secondary N) is 2. The van der Waals surface area contributed by atoms with Crippen LogP contribution >= 0.6 is 0 Å². The van der Waals surface area contributed by atoms with E-state index in [-0.39, 0.29) is 23.5 Å². The lowest BCUT2D eigenvalue weighted by molar-refractivity contribution is -0.122. The van der Waals surface area contributed by atoms with E-state index in [0.29, 0.717) is 36.6 Å². The number of piperidine rings is 1. The largest absolute Gasteiger partial charge is 0.493 e. The number of carbonyl (C=O) groups is 2. The van der Waals surface area contributed by atoms with Crippen molar-refractivity contribution in [2.45, 2.75) is 25.8 Å². The number of carboxylic acids is 1. The number of aromatic carboxylic acids is 1. The van der Waals surface area contributed by atoms with Crippen molar-refractivity contribution < 1.29 is 28.7 Å². The molecule has 0 spiro atoms. The Morgan fingerprint density at radius 1 is 1.23 bits per heavy atom. The van der Waals surface area contributed by atoms with E-state index in [1.807, 2.05) is 18.2 Å². The average Bonchev–Trinajstić information content (AvgIpc) is 3.22. The normalized spacial score (nSPS) is 18.6. The summed E-state index contributed by atoms with van der Waals surface area (Å²) in [6, 6.07) is 6.99. The molecule has 162 valence electrons. The molecule has 1 amide bonds. The van der Waals surface area contributed by atoms with Gasteiger partial charge in [-0.15, -0.1) is 0 Å². The summed E-state index contributed by atoms with van der Waals surface area (Å²) < 4.78 is 15.4. The smallest absolute Gasteiger partial charge is 0.374 e. The van der Waals surface area contributed by atoms with E-state index in [4.69, 9.17) is 19.1 Å². The summed E-state index contributed by atoms with van der Waals surface area (Å²) in [5, 5.41) is 19.1. The third-order valence-electron chi connectivity index (χ3n) is 5.39. The third-order valence-corrected chi connectivity index (χ3v) is 5.39. The van der Waals surface area contributed by atoms with Gasteiger partial charge < -0.3 is 29.7 Å². The van der Waals surface area contributed by atoms with Gasteiger partial charge in [-0.25, -0.2) is 4.79 Å². The molecular formula is C21H27N3O6. The number of ether oxygens (including phenoxy) is 2. The molecule has 1 aliphatic heterocycles. The monoisotopic (exact) mass is 417 g/mol. The number of methoxy groups -OCH3 is 2. The standard InChI is InChI=1S/C21H27N3O6/c1-28-17-4-3-13(7-18(17)29-2)11-23-20(25)9-14-5-6-22-12-15(14)8-16-10-19(21(26)27)30-24-16/h3-4,7,10,14-15,22H,5-6,8-9,11-12H2,1-2H3,(H,23,25)(H,26,27). The summed E-state index contributed by atoms with van der Waals surface area (Å²) in [5.74, 6) is 0.298. The fourth-order valence-electron chi connectivity index (χ4n) is 3.76. The molecule has 2 atom stereocenters. The Morgan fingerprint density at radius 3 is 2.73 bits per heavy atom. The third kappa shape index (κ3) is 5.50. The maximum absolute atomic E-state index is 12.6. The molecule has 0 bridgehead atoms. The van der Waals surface area contributed by atoms with Crippen LogP contribution in [-0.2, 0) is 17.8 Å². The van der Waals surface area contributed by atoms with E-state index in [1.165, 1.54) is 6.07 Å². The minimum absolute atomic E-state index is 0.0203. The van der Waals surface area contributed by atoms with Gasteiger partial charge in [0.05, 0.1) is 19.9 Å². The highest BCUT2D eigenvalue weighted by atomic mass is 16.5. The highest BCUT2D eigenvalue weighted by molar-refractivity contribution is 5.84. The van der Waals surface area contributed by atoms with Crippen LogP contribution < -0.4 is 20.1 Å². The first kappa shape index (κ1) is 21.6. The van der Waals surface area contributed by atoms with Crippen molar-refractivity contribution >= 4 is 11.9 Å². The van der Waals surface area contributed by atoms with Crippen molar-refractivity contribution in [3.63, 3.8) is 0 Å². The molecule has 1 aromatic heterocycles. The molecule has 0 radical (unpaired) electrons. The predicted molar refractivity (Wildman–Crippen MR) is 108 cm³/mol. The van der Waals surface area contributed by atoms with Crippen LogP contribution in [-0.4, -0.2) is 49.4 Å². The second-order valence-corrected chi connectivity index (χ2v) is 7.37. The number of carboxylic acid groups (broad SMARTS) is 1. The summed E-state index contributed by atoms with van der Waals surface area (Å²) in [7, 11) is 3.15. The topological polar surface area (TPSA) is 123 Å². The lowest BCUT2D eigenvalue weighted by Gasteiger charge is -2.31. The zero-order valence-corrected chi connectivity index (χ0v) is 17.1. The number of hydrogen-bond acceptors (Lipinski definition) is 7. The molecule has 1 saturated heterocycles. The molecule has 9 heteroatoms. The minimum atomic E-state index is -1.14. The fourth-order valence-corrected chi connectivity index (χ4v) is 3.76. The van der Waals surface area contributed by atoms with Crippen LogP contribution in [0.5, 0.6) is 11.5 Å². The number of rotatable bonds is 9. The molecule has 3 N–H and O–H groups in total. The van der Waals surface area contributed by atoms with Gasteiger partial charge in [-0.1, -0.05) is 11.2 Å². The maximum atomic E-state index is 12.6. The average molecular weight is 417 g/mol. The van der Waals surface area contributed by atoms with Gasteiger partial charge in [-0.2, -0.15) is 0 Å². The molecule has 2 aromatic rings. The Morgan fingerprint density at radius 2 is 2.03 bits per heavy atom. The van der Waals surface area contributed by atoms with E-state index >= 15 is 0 Å². The van der Waals surface area contributed by atoms with Gasteiger partial charge in [-0.3, -0.25) is 4.79 Å². The van der Waals surface area contributed by atoms with Gasteiger partial charge in [0.2, 0.25) is 11.7 Å². The van der Waals surface area contributed by atoms with Crippen LogP contribution in [0.25, 0.3) is 0 Å². The minimum Gasteiger partial charge on any atom is -0.493 e. The molecule has 9 nitrogen and oxygen atoms in total. The fraction of sp³-hybridized carbons (Fsp3) is 0.476. The van der Waals surface area contributed by atoms with E-state index in [1.54, 1.807) is 14.2 Å².